The van der Waals surface area contributed by atoms with Crippen molar-refractivity contribution in [2.75, 3.05) is 7.11 Å². The summed E-state index contributed by atoms with van der Waals surface area (Å²) >= 11 is 0. The molecule has 0 atom stereocenters. The van der Waals surface area contributed by atoms with Crippen LogP contribution in [0.1, 0.15) is 17.3 Å². The lowest BCUT2D eigenvalue weighted by Gasteiger charge is -2.09. The molecule has 0 bridgehead atoms. The van der Waals surface area contributed by atoms with E-state index >= 15 is 0 Å². The van der Waals surface area contributed by atoms with Gasteiger partial charge in [-0.05, 0) is 36.2 Å². The Hall–Kier alpha value is -2.16. The minimum atomic E-state index is -0.490. The largest absolute Gasteiger partial charge is 0.497 e. The van der Waals surface area contributed by atoms with Crippen LogP contribution in [0.5, 0.6) is 5.75 Å². The van der Waals surface area contributed by atoms with Crippen LogP contribution < -0.4 is 4.74 Å². The number of halogens is 1. The van der Waals surface area contributed by atoms with E-state index in [2.05, 4.69) is 0 Å². The Morgan fingerprint density at radius 1 is 1.11 bits per heavy atom. The molecule has 0 aliphatic carbocycles. The second-order valence-electron chi connectivity index (χ2n) is 3.95. The number of hydrogen-bond acceptors (Lipinski definition) is 2. The summed E-state index contributed by atoms with van der Waals surface area (Å²) in [6.45, 7) is 1.37. The fraction of sp³-hybridized carbons (Fsp3) is 0.133. The predicted molar refractivity (Wildman–Crippen MR) is 68.4 cm³/mol. The van der Waals surface area contributed by atoms with E-state index in [0.717, 1.165) is 11.3 Å². The molecule has 0 radical (unpaired) electrons. The van der Waals surface area contributed by atoms with Crippen molar-refractivity contribution in [1.82, 2.24) is 0 Å². The van der Waals surface area contributed by atoms with Crippen LogP contribution in [0.3, 0.4) is 0 Å². The van der Waals surface area contributed by atoms with Gasteiger partial charge in [-0.3, -0.25) is 4.79 Å². The van der Waals surface area contributed by atoms with Crippen LogP contribution in [-0.4, -0.2) is 12.9 Å². The number of hydrogen-bond donors (Lipinski definition) is 0. The average molecular weight is 244 g/mol. The van der Waals surface area contributed by atoms with Crippen LogP contribution in [-0.2, 0) is 0 Å². The molecular formula is C15H13FO2. The van der Waals surface area contributed by atoms with E-state index in [4.69, 9.17) is 4.74 Å². The molecule has 92 valence electrons. The van der Waals surface area contributed by atoms with Gasteiger partial charge in [0.1, 0.15) is 11.6 Å². The lowest BCUT2D eigenvalue weighted by molar-refractivity contribution is 0.101. The van der Waals surface area contributed by atoms with E-state index in [-0.39, 0.29) is 11.3 Å². The number of carbonyl (C=O) groups excluding carboxylic acids is 1. The summed E-state index contributed by atoms with van der Waals surface area (Å²) in [5, 5.41) is 0. The van der Waals surface area contributed by atoms with Crippen molar-refractivity contribution in [2.45, 2.75) is 6.92 Å². The van der Waals surface area contributed by atoms with E-state index < -0.39 is 5.82 Å². The van der Waals surface area contributed by atoms with Crippen LogP contribution in [0.2, 0.25) is 0 Å². The number of methoxy groups -OCH3 is 1. The third kappa shape index (κ3) is 2.25. The predicted octanol–water partition coefficient (Wildman–Crippen LogP) is 3.70. The number of benzene rings is 2. The second kappa shape index (κ2) is 5.00. The molecule has 2 nitrogen and oxygen atoms in total. The van der Waals surface area contributed by atoms with Gasteiger partial charge < -0.3 is 4.74 Å². The monoisotopic (exact) mass is 244 g/mol. The molecule has 2 aromatic carbocycles. The molecule has 0 heterocycles. The lowest BCUT2D eigenvalue weighted by Crippen LogP contribution is -2.00. The van der Waals surface area contributed by atoms with E-state index in [1.807, 2.05) is 0 Å². The highest BCUT2D eigenvalue weighted by Crippen LogP contribution is 2.27. The molecule has 2 rings (SSSR count). The number of rotatable bonds is 3. The Kier molecular flexibility index (Phi) is 3.42. The van der Waals surface area contributed by atoms with Gasteiger partial charge in [-0.25, -0.2) is 4.39 Å². The quantitative estimate of drug-likeness (QED) is 0.769. The molecule has 2 aromatic rings. The zero-order valence-corrected chi connectivity index (χ0v) is 10.2. The molecule has 18 heavy (non-hydrogen) atoms. The van der Waals surface area contributed by atoms with Crippen molar-refractivity contribution < 1.29 is 13.9 Å². The SMILES string of the molecule is COc1ccc(-c2cccc(F)c2C(C)=O)cc1. The first-order valence-electron chi connectivity index (χ1n) is 5.57. The van der Waals surface area contributed by atoms with Gasteiger partial charge in [0.05, 0.1) is 12.7 Å². The Morgan fingerprint density at radius 2 is 1.78 bits per heavy atom. The van der Waals surface area contributed by atoms with Gasteiger partial charge in [-0.1, -0.05) is 24.3 Å². The Bertz CT molecular complexity index is 574. The highest BCUT2D eigenvalue weighted by atomic mass is 19.1. The van der Waals surface area contributed by atoms with E-state index in [1.165, 1.54) is 13.0 Å². The molecule has 0 saturated carbocycles. The molecule has 0 saturated heterocycles. The maximum Gasteiger partial charge on any atom is 0.163 e. The van der Waals surface area contributed by atoms with Crippen molar-refractivity contribution >= 4 is 5.78 Å². The minimum Gasteiger partial charge on any atom is -0.497 e. The van der Waals surface area contributed by atoms with E-state index in [0.29, 0.717) is 5.56 Å². The zero-order valence-electron chi connectivity index (χ0n) is 10.2. The zero-order chi connectivity index (χ0) is 13.1. The summed E-state index contributed by atoms with van der Waals surface area (Å²) in [6, 6.07) is 11.8. The maximum atomic E-state index is 13.7. The second-order valence-corrected chi connectivity index (χ2v) is 3.95. The third-order valence-electron chi connectivity index (χ3n) is 2.77. The Morgan fingerprint density at radius 3 is 2.33 bits per heavy atom. The number of carbonyl (C=O) groups is 1. The first-order chi connectivity index (χ1) is 8.63. The molecule has 0 spiro atoms. The van der Waals surface area contributed by atoms with Crippen LogP contribution in [0.4, 0.5) is 4.39 Å². The van der Waals surface area contributed by atoms with Crippen molar-refractivity contribution in [3.05, 3.63) is 53.8 Å². The van der Waals surface area contributed by atoms with Crippen molar-refractivity contribution in [3.63, 3.8) is 0 Å². The normalized spacial score (nSPS) is 10.2. The summed E-state index contributed by atoms with van der Waals surface area (Å²) in [6.07, 6.45) is 0. The van der Waals surface area contributed by atoms with Gasteiger partial charge in [-0.15, -0.1) is 0 Å². The van der Waals surface area contributed by atoms with E-state index in [1.54, 1.807) is 43.5 Å². The van der Waals surface area contributed by atoms with Gasteiger partial charge in [0.2, 0.25) is 0 Å². The van der Waals surface area contributed by atoms with Crippen LogP contribution in [0.15, 0.2) is 42.5 Å². The van der Waals surface area contributed by atoms with Gasteiger partial charge in [0.25, 0.3) is 0 Å². The van der Waals surface area contributed by atoms with Gasteiger partial charge in [-0.2, -0.15) is 0 Å². The topological polar surface area (TPSA) is 26.3 Å². The lowest BCUT2D eigenvalue weighted by atomic mass is 9.97. The van der Waals surface area contributed by atoms with Crippen molar-refractivity contribution in [2.24, 2.45) is 0 Å². The van der Waals surface area contributed by atoms with Gasteiger partial charge in [0, 0.05) is 0 Å². The minimum absolute atomic E-state index is 0.127. The molecular weight excluding hydrogens is 231 g/mol. The molecule has 3 heteroatoms. The first-order valence-corrected chi connectivity index (χ1v) is 5.57. The van der Waals surface area contributed by atoms with Gasteiger partial charge in [0.15, 0.2) is 5.78 Å². The summed E-state index contributed by atoms with van der Waals surface area (Å²) in [5.74, 6) is -0.0470. The number of ketones is 1. The third-order valence-corrected chi connectivity index (χ3v) is 2.77. The number of Topliss-reactive ketones (excluding diaryl/α,β-unsaturated/α-hetero) is 1. The fourth-order valence-electron chi connectivity index (χ4n) is 1.89. The average Bonchev–Trinajstić information content (AvgIpc) is 2.38. The molecule has 0 fully saturated rings. The molecule has 0 aliphatic rings. The molecule has 0 unspecified atom stereocenters. The van der Waals surface area contributed by atoms with Crippen molar-refractivity contribution in [3.8, 4) is 16.9 Å². The fourth-order valence-corrected chi connectivity index (χ4v) is 1.89. The van der Waals surface area contributed by atoms with Crippen LogP contribution >= 0.6 is 0 Å². The Balaban J connectivity index is 2.56. The van der Waals surface area contributed by atoms with Crippen LogP contribution in [0.25, 0.3) is 11.1 Å². The Labute approximate surface area is 105 Å². The summed E-state index contributed by atoms with van der Waals surface area (Å²) in [7, 11) is 1.58. The highest BCUT2D eigenvalue weighted by Gasteiger charge is 2.13. The molecule has 0 amide bonds. The molecule has 0 aromatic heterocycles. The maximum absolute atomic E-state index is 13.7. The smallest absolute Gasteiger partial charge is 0.163 e. The first kappa shape index (κ1) is 12.3. The number of ether oxygens (including phenoxy) is 1. The highest BCUT2D eigenvalue weighted by molar-refractivity contribution is 6.01. The van der Waals surface area contributed by atoms with Gasteiger partial charge >= 0.3 is 0 Å². The summed E-state index contributed by atoms with van der Waals surface area (Å²) in [5.41, 5.74) is 1.52. The summed E-state index contributed by atoms with van der Waals surface area (Å²) < 4.78 is 18.8. The standard InChI is InChI=1S/C15H13FO2/c1-10(17)15-13(4-3-5-14(15)16)11-6-8-12(18-2)9-7-11/h3-9H,1-2H3. The van der Waals surface area contributed by atoms with E-state index in [9.17, 15) is 9.18 Å². The summed E-state index contributed by atoms with van der Waals surface area (Å²) in [4.78, 5) is 11.5. The molecule has 0 N–H and O–H groups in total. The molecule has 0 aliphatic heterocycles. The van der Waals surface area contributed by atoms with Crippen molar-refractivity contribution in [1.29, 1.82) is 0 Å². The van der Waals surface area contributed by atoms with Crippen LogP contribution in [0, 0.1) is 5.82 Å².